The van der Waals surface area contributed by atoms with Crippen LogP contribution in [-0.4, -0.2) is 87.5 Å². The summed E-state index contributed by atoms with van der Waals surface area (Å²) < 4.78 is 11.3. The van der Waals surface area contributed by atoms with Gasteiger partial charge in [-0.2, -0.15) is 0 Å². The molecule has 0 spiro atoms. The predicted molar refractivity (Wildman–Crippen MR) is 317 cm³/mol. The highest BCUT2D eigenvalue weighted by Crippen LogP contribution is 2.23. The van der Waals surface area contributed by atoms with Crippen LogP contribution < -0.4 is 5.32 Å². The van der Waals surface area contributed by atoms with Gasteiger partial charge in [0.2, 0.25) is 5.91 Å². The molecule has 0 aromatic heterocycles. The van der Waals surface area contributed by atoms with Crippen molar-refractivity contribution in [3.8, 4) is 0 Å². The zero-order chi connectivity index (χ0) is 54.3. The number of carbonyl (C=O) groups excluding carboxylic acids is 1. The van der Waals surface area contributed by atoms with Crippen LogP contribution in [0.25, 0.3) is 0 Å². The van der Waals surface area contributed by atoms with Crippen LogP contribution in [0.3, 0.4) is 0 Å². The lowest BCUT2D eigenvalue weighted by Gasteiger charge is -2.40. The number of ether oxygens (including phenoxy) is 2. The third kappa shape index (κ3) is 43.3. The molecule has 7 atom stereocenters. The van der Waals surface area contributed by atoms with E-state index in [-0.39, 0.29) is 12.5 Å². The maximum atomic E-state index is 13.1. The molecular formula is C66H111NO8. The van der Waals surface area contributed by atoms with Gasteiger partial charge in [0.25, 0.3) is 0 Å². The van der Waals surface area contributed by atoms with Gasteiger partial charge in [-0.1, -0.05) is 251 Å². The summed E-state index contributed by atoms with van der Waals surface area (Å²) in [4.78, 5) is 13.1. The van der Waals surface area contributed by atoms with E-state index >= 15 is 0 Å². The molecule has 0 aromatic rings. The largest absolute Gasteiger partial charge is 0.394 e. The van der Waals surface area contributed by atoms with Gasteiger partial charge in [-0.15, -0.1) is 0 Å². The van der Waals surface area contributed by atoms with E-state index in [9.17, 15) is 30.3 Å². The number of rotatable bonds is 50. The fourth-order valence-electron chi connectivity index (χ4n) is 8.78. The number of aliphatic hydroxyl groups excluding tert-OH is 5. The van der Waals surface area contributed by atoms with Gasteiger partial charge in [-0.05, 0) is 96.3 Å². The number of hydrogen-bond acceptors (Lipinski definition) is 8. The van der Waals surface area contributed by atoms with Crippen molar-refractivity contribution in [1.29, 1.82) is 0 Å². The highest BCUT2D eigenvalue weighted by atomic mass is 16.7. The molecule has 0 bridgehead atoms. The fraction of sp³-hybridized carbons (Fsp3) is 0.682. The lowest BCUT2D eigenvalue weighted by molar-refractivity contribution is -0.302. The van der Waals surface area contributed by atoms with E-state index in [4.69, 9.17) is 9.47 Å². The van der Waals surface area contributed by atoms with Gasteiger partial charge in [0.05, 0.1) is 25.4 Å². The Morgan fingerprint density at radius 2 is 0.840 bits per heavy atom. The molecule has 0 aromatic carbocycles. The normalized spacial score (nSPS) is 19.8. The Labute approximate surface area is 458 Å². The molecule has 0 saturated carbocycles. The minimum atomic E-state index is -1.58. The molecular weight excluding hydrogens is 935 g/mol. The second-order valence-electron chi connectivity index (χ2n) is 20.4. The van der Waals surface area contributed by atoms with Crippen LogP contribution in [0.2, 0.25) is 0 Å². The minimum Gasteiger partial charge on any atom is -0.394 e. The summed E-state index contributed by atoms with van der Waals surface area (Å²) in [6, 6.07) is -0.836. The third-order valence-electron chi connectivity index (χ3n) is 13.5. The van der Waals surface area contributed by atoms with Crippen LogP contribution >= 0.6 is 0 Å². The molecule has 1 rings (SSSR count). The van der Waals surface area contributed by atoms with Crippen LogP contribution in [0.1, 0.15) is 232 Å². The number of nitrogens with one attached hydrogen (secondary N) is 1. The van der Waals surface area contributed by atoms with Crippen LogP contribution in [0.5, 0.6) is 0 Å². The molecule has 1 fully saturated rings. The van der Waals surface area contributed by atoms with Crippen molar-refractivity contribution in [2.45, 2.75) is 275 Å². The molecule has 428 valence electrons. The number of carbonyl (C=O) groups is 1. The molecule has 1 amide bonds. The topological polar surface area (TPSA) is 149 Å². The molecule has 9 heteroatoms. The standard InChI is InChI=1S/C66H111NO8/c1-3-5-7-9-11-13-15-17-19-21-23-24-25-26-27-28-29-30-31-32-33-34-35-36-38-40-42-44-46-48-50-52-54-56-62(70)67-59(58-74-66-65(73)64(72)63(71)61(57-68)75-66)60(69)55-53-51-49-47-45-43-41-39-37-22-20-18-16-14-12-10-8-6-4-2/h5,7,11,13,17,19,23-24,26-27,29-30,32-33,35-36,45,47,53,55,59-61,63-66,68-69,71-73H,3-4,6,8-10,12,14-16,18,20-22,25,28,31,34,37-44,46,48-52,54,56-58H2,1-2H3,(H,67,70)/b7-5-,13-11-,19-17-,24-23-,27-26-,30-29-,33-32-,36-35-,47-45+,55-53+. The maximum absolute atomic E-state index is 13.1. The molecule has 0 radical (unpaired) electrons. The maximum Gasteiger partial charge on any atom is 0.220 e. The Balaban J connectivity index is 2.24. The van der Waals surface area contributed by atoms with Gasteiger partial charge >= 0.3 is 0 Å². The number of allylic oxidation sites excluding steroid dienone is 19. The summed E-state index contributed by atoms with van der Waals surface area (Å²) in [5, 5.41) is 54.5. The molecule has 9 nitrogen and oxygen atoms in total. The first-order valence-corrected chi connectivity index (χ1v) is 30.3. The van der Waals surface area contributed by atoms with Crippen molar-refractivity contribution < 1.29 is 39.8 Å². The zero-order valence-electron chi connectivity index (χ0n) is 47.5. The van der Waals surface area contributed by atoms with Crippen LogP contribution in [-0.2, 0) is 14.3 Å². The Kier molecular flexibility index (Phi) is 50.1. The molecule has 1 aliphatic rings. The van der Waals surface area contributed by atoms with Crippen molar-refractivity contribution in [3.05, 3.63) is 122 Å². The first-order valence-electron chi connectivity index (χ1n) is 30.3. The van der Waals surface area contributed by atoms with E-state index in [1.165, 1.54) is 109 Å². The number of aliphatic hydroxyl groups is 5. The summed E-state index contributed by atoms with van der Waals surface area (Å²) in [6.07, 6.45) is 74.0. The van der Waals surface area contributed by atoms with Gasteiger partial charge in [0.1, 0.15) is 24.4 Å². The highest BCUT2D eigenvalue weighted by molar-refractivity contribution is 5.76. The summed E-state index contributed by atoms with van der Waals surface area (Å²) in [7, 11) is 0. The molecule has 75 heavy (non-hydrogen) atoms. The van der Waals surface area contributed by atoms with Crippen LogP contribution in [0.4, 0.5) is 0 Å². The van der Waals surface area contributed by atoms with Gasteiger partial charge in [0, 0.05) is 6.42 Å². The Morgan fingerprint density at radius 3 is 1.28 bits per heavy atom. The van der Waals surface area contributed by atoms with Crippen LogP contribution in [0, 0.1) is 0 Å². The second-order valence-corrected chi connectivity index (χ2v) is 20.4. The second kappa shape index (κ2) is 54.0. The van der Waals surface area contributed by atoms with Crippen molar-refractivity contribution in [2.24, 2.45) is 0 Å². The van der Waals surface area contributed by atoms with E-state index in [1.54, 1.807) is 6.08 Å². The number of amides is 1. The Bertz CT molecular complexity index is 1590. The molecule has 6 N–H and O–H groups in total. The smallest absolute Gasteiger partial charge is 0.220 e. The SMILES string of the molecule is CC/C=C\C/C=C\C/C=C\C/C=C\C/C=C\C/C=C\C/C=C\C/C=C\CCCCCCCCCCC(=O)NC(COC1OC(CO)C(O)C(O)C1O)C(O)/C=C/CC/C=C/CCCCCCCCCCCCCCC. The first-order chi connectivity index (χ1) is 36.8. The minimum absolute atomic E-state index is 0.200. The molecule has 1 heterocycles. The van der Waals surface area contributed by atoms with Gasteiger partial charge < -0.3 is 40.3 Å². The monoisotopic (exact) mass is 1050 g/mol. The average molecular weight is 1050 g/mol. The molecule has 1 saturated heterocycles. The van der Waals surface area contributed by atoms with E-state index in [2.05, 4.69) is 129 Å². The van der Waals surface area contributed by atoms with Gasteiger partial charge in [-0.3, -0.25) is 4.79 Å². The predicted octanol–water partition coefficient (Wildman–Crippen LogP) is 15.5. The highest BCUT2D eigenvalue weighted by Gasteiger charge is 2.44. The van der Waals surface area contributed by atoms with Crippen molar-refractivity contribution in [2.75, 3.05) is 13.2 Å². The van der Waals surface area contributed by atoms with Crippen molar-refractivity contribution in [1.82, 2.24) is 5.32 Å². The van der Waals surface area contributed by atoms with Gasteiger partial charge in [0.15, 0.2) is 6.29 Å². The van der Waals surface area contributed by atoms with E-state index in [0.717, 1.165) is 103 Å². The summed E-state index contributed by atoms with van der Waals surface area (Å²) in [5.74, 6) is -0.200. The van der Waals surface area contributed by atoms with Crippen LogP contribution in [0.15, 0.2) is 122 Å². The molecule has 1 aliphatic heterocycles. The van der Waals surface area contributed by atoms with E-state index in [1.807, 2.05) is 6.08 Å². The average Bonchev–Trinajstić information content (AvgIpc) is 3.41. The lowest BCUT2D eigenvalue weighted by atomic mass is 9.99. The first kappa shape index (κ1) is 69.6. The summed E-state index contributed by atoms with van der Waals surface area (Å²) in [5.41, 5.74) is 0. The molecule has 7 unspecified atom stereocenters. The quantitative estimate of drug-likeness (QED) is 0.0261. The Hall–Kier alpha value is -3.41. The summed E-state index contributed by atoms with van der Waals surface area (Å²) in [6.45, 7) is 3.64. The number of hydrogen-bond donors (Lipinski definition) is 6. The number of unbranched alkanes of at least 4 members (excludes halogenated alkanes) is 22. The fourth-order valence-corrected chi connectivity index (χ4v) is 8.78. The van der Waals surface area contributed by atoms with Gasteiger partial charge in [-0.25, -0.2) is 0 Å². The van der Waals surface area contributed by atoms with Crippen molar-refractivity contribution >= 4 is 5.91 Å². The van der Waals surface area contributed by atoms with E-state index in [0.29, 0.717) is 6.42 Å². The zero-order valence-corrected chi connectivity index (χ0v) is 47.5. The third-order valence-corrected chi connectivity index (χ3v) is 13.5. The summed E-state index contributed by atoms with van der Waals surface area (Å²) >= 11 is 0. The Morgan fingerprint density at radius 1 is 0.467 bits per heavy atom. The molecule has 0 aliphatic carbocycles. The van der Waals surface area contributed by atoms with E-state index < -0.39 is 49.5 Å². The van der Waals surface area contributed by atoms with Crippen molar-refractivity contribution in [3.63, 3.8) is 0 Å². The lowest BCUT2D eigenvalue weighted by Crippen LogP contribution is -2.60.